The third-order valence-corrected chi connectivity index (χ3v) is 4.50. The summed E-state index contributed by atoms with van der Waals surface area (Å²) in [5.74, 6) is 0.608. The van der Waals surface area contributed by atoms with Crippen molar-refractivity contribution in [2.45, 2.75) is 38.1 Å². The van der Waals surface area contributed by atoms with E-state index in [9.17, 15) is 9.59 Å². The van der Waals surface area contributed by atoms with E-state index in [-0.39, 0.29) is 23.8 Å². The van der Waals surface area contributed by atoms with Gasteiger partial charge in [0.25, 0.3) is 5.91 Å². The van der Waals surface area contributed by atoms with E-state index in [0.717, 1.165) is 32.1 Å². The van der Waals surface area contributed by atoms with E-state index >= 15 is 0 Å². The third-order valence-electron chi connectivity index (χ3n) is 4.50. The van der Waals surface area contributed by atoms with Crippen LogP contribution in [0, 0.1) is 5.92 Å². The van der Waals surface area contributed by atoms with Crippen LogP contribution in [0.2, 0.25) is 0 Å². The van der Waals surface area contributed by atoms with Crippen LogP contribution in [-0.4, -0.2) is 35.8 Å². The highest BCUT2D eigenvalue weighted by Gasteiger charge is 2.27. The van der Waals surface area contributed by atoms with Gasteiger partial charge in [0.1, 0.15) is 0 Å². The normalized spacial score (nSPS) is 22.5. The van der Waals surface area contributed by atoms with Gasteiger partial charge in [-0.15, -0.1) is 0 Å². The molecule has 1 saturated heterocycles. The number of carbonyl (C=O) groups excluding carboxylic acids is 2. The number of furan rings is 1. The largest absolute Gasteiger partial charge is 0.459 e. The van der Waals surface area contributed by atoms with Crippen molar-refractivity contribution in [1.82, 2.24) is 10.2 Å². The van der Waals surface area contributed by atoms with E-state index in [1.54, 1.807) is 17.0 Å². The summed E-state index contributed by atoms with van der Waals surface area (Å²) in [6, 6.07) is 3.59. The fourth-order valence-corrected chi connectivity index (χ4v) is 3.13. The van der Waals surface area contributed by atoms with Gasteiger partial charge >= 0.3 is 0 Å². The summed E-state index contributed by atoms with van der Waals surface area (Å²) in [6.45, 7) is 1.32. The van der Waals surface area contributed by atoms with Crippen LogP contribution in [0.25, 0.3) is 0 Å². The molecule has 1 aliphatic carbocycles. The molecule has 5 heteroatoms. The Hall–Kier alpha value is -2.04. The van der Waals surface area contributed by atoms with E-state index in [2.05, 4.69) is 17.5 Å². The van der Waals surface area contributed by atoms with Gasteiger partial charge in [-0.05, 0) is 44.2 Å². The molecule has 0 unspecified atom stereocenters. The maximum atomic E-state index is 12.2. The molecule has 0 spiro atoms. The Morgan fingerprint density at radius 1 is 1.18 bits per heavy atom. The first kappa shape index (κ1) is 14.9. The van der Waals surface area contributed by atoms with Crippen LogP contribution in [0.3, 0.4) is 0 Å². The molecule has 0 bridgehead atoms. The summed E-state index contributed by atoms with van der Waals surface area (Å²) < 4.78 is 5.15. The van der Waals surface area contributed by atoms with Crippen LogP contribution >= 0.6 is 0 Å². The van der Waals surface area contributed by atoms with E-state index < -0.39 is 0 Å². The van der Waals surface area contributed by atoms with E-state index in [4.69, 9.17) is 4.42 Å². The fraction of sp³-hybridized carbons (Fsp3) is 0.529. The number of rotatable bonds is 3. The Morgan fingerprint density at radius 3 is 2.64 bits per heavy atom. The zero-order valence-corrected chi connectivity index (χ0v) is 12.7. The molecule has 3 rings (SSSR count). The fourth-order valence-electron chi connectivity index (χ4n) is 3.13. The van der Waals surface area contributed by atoms with Crippen LogP contribution in [0.4, 0.5) is 0 Å². The number of piperidine rings is 1. The molecule has 1 aromatic rings. The van der Waals surface area contributed by atoms with Crippen LogP contribution < -0.4 is 5.32 Å². The Labute approximate surface area is 130 Å². The minimum absolute atomic E-state index is 0.0628. The molecule has 1 atom stereocenters. The van der Waals surface area contributed by atoms with Gasteiger partial charge in [0.05, 0.1) is 6.26 Å². The van der Waals surface area contributed by atoms with Gasteiger partial charge in [-0.2, -0.15) is 0 Å². The summed E-state index contributed by atoms with van der Waals surface area (Å²) in [5.41, 5.74) is 0. The van der Waals surface area contributed by atoms with Crippen molar-refractivity contribution < 1.29 is 14.0 Å². The topological polar surface area (TPSA) is 62.6 Å². The zero-order chi connectivity index (χ0) is 15.4. The molecular weight excluding hydrogens is 280 g/mol. The monoisotopic (exact) mass is 302 g/mol. The average molecular weight is 302 g/mol. The molecule has 2 heterocycles. The van der Waals surface area contributed by atoms with Gasteiger partial charge in [0, 0.05) is 25.0 Å². The molecule has 1 aromatic heterocycles. The number of nitrogens with zero attached hydrogens (tertiary/aromatic N) is 1. The predicted molar refractivity (Wildman–Crippen MR) is 82.3 cm³/mol. The lowest BCUT2D eigenvalue weighted by Gasteiger charge is -2.32. The highest BCUT2D eigenvalue weighted by molar-refractivity contribution is 5.91. The van der Waals surface area contributed by atoms with Gasteiger partial charge in [0.2, 0.25) is 5.91 Å². The smallest absolute Gasteiger partial charge is 0.289 e. The molecule has 1 fully saturated rings. The number of hydrogen-bond acceptors (Lipinski definition) is 3. The van der Waals surface area contributed by atoms with Crippen molar-refractivity contribution in [3.05, 3.63) is 36.3 Å². The van der Waals surface area contributed by atoms with Gasteiger partial charge < -0.3 is 14.6 Å². The SMILES string of the molecule is O=C(NC1CCN(C(=O)c2ccco2)CC1)[C@H]1CC=CCC1. The summed E-state index contributed by atoms with van der Waals surface area (Å²) >= 11 is 0. The summed E-state index contributed by atoms with van der Waals surface area (Å²) in [5, 5.41) is 3.15. The summed E-state index contributed by atoms with van der Waals surface area (Å²) in [4.78, 5) is 26.2. The van der Waals surface area contributed by atoms with Crippen LogP contribution in [0.5, 0.6) is 0 Å². The lowest BCUT2D eigenvalue weighted by Crippen LogP contribution is -2.47. The molecule has 5 nitrogen and oxygen atoms in total. The van der Waals surface area contributed by atoms with Gasteiger partial charge in [-0.1, -0.05) is 12.2 Å². The standard InChI is InChI=1S/C17H22N2O3/c20-16(13-5-2-1-3-6-13)18-14-8-10-19(11-9-14)17(21)15-7-4-12-22-15/h1-2,4,7,12-14H,3,5-6,8-11H2,(H,18,20)/t13-/m0/s1. The second kappa shape index (κ2) is 6.81. The van der Waals surface area contributed by atoms with Gasteiger partial charge in [0.15, 0.2) is 5.76 Å². The maximum absolute atomic E-state index is 12.2. The van der Waals surface area contributed by atoms with Crippen molar-refractivity contribution in [3.63, 3.8) is 0 Å². The minimum atomic E-state index is -0.0628. The molecule has 0 radical (unpaired) electrons. The van der Waals surface area contributed by atoms with E-state index in [1.807, 2.05) is 0 Å². The molecule has 2 aliphatic rings. The average Bonchev–Trinajstić information content (AvgIpc) is 3.10. The molecule has 0 aromatic carbocycles. The molecule has 22 heavy (non-hydrogen) atoms. The van der Waals surface area contributed by atoms with Crippen LogP contribution in [0.15, 0.2) is 35.0 Å². The first-order valence-corrected chi connectivity index (χ1v) is 8.02. The first-order valence-electron chi connectivity index (χ1n) is 8.02. The second-order valence-electron chi connectivity index (χ2n) is 6.03. The molecule has 0 saturated carbocycles. The summed E-state index contributed by atoms with van der Waals surface area (Å²) in [6.07, 6.45) is 10.1. The number of carbonyl (C=O) groups is 2. The Bertz CT molecular complexity index is 542. The van der Waals surface area contributed by atoms with Crippen LogP contribution in [0.1, 0.15) is 42.7 Å². The molecule has 2 amide bonds. The number of hydrogen-bond donors (Lipinski definition) is 1. The molecule has 1 N–H and O–H groups in total. The molecular formula is C17H22N2O3. The highest BCUT2D eigenvalue weighted by atomic mass is 16.3. The lowest BCUT2D eigenvalue weighted by atomic mass is 9.93. The Morgan fingerprint density at radius 2 is 2.00 bits per heavy atom. The van der Waals surface area contributed by atoms with Crippen LogP contribution in [-0.2, 0) is 4.79 Å². The zero-order valence-electron chi connectivity index (χ0n) is 12.7. The maximum Gasteiger partial charge on any atom is 0.289 e. The van der Waals surface area contributed by atoms with Gasteiger partial charge in [-0.25, -0.2) is 0 Å². The Balaban J connectivity index is 1.46. The number of nitrogens with one attached hydrogen (secondary N) is 1. The predicted octanol–water partition coefficient (Wildman–Crippen LogP) is 2.36. The van der Waals surface area contributed by atoms with Crippen molar-refractivity contribution in [3.8, 4) is 0 Å². The second-order valence-corrected chi connectivity index (χ2v) is 6.03. The quantitative estimate of drug-likeness (QED) is 0.872. The van der Waals surface area contributed by atoms with E-state index in [1.165, 1.54) is 6.26 Å². The first-order chi connectivity index (χ1) is 10.7. The highest BCUT2D eigenvalue weighted by Crippen LogP contribution is 2.20. The molecule has 118 valence electrons. The Kier molecular flexibility index (Phi) is 4.61. The lowest BCUT2D eigenvalue weighted by molar-refractivity contribution is -0.126. The van der Waals surface area contributed by atoms with Crippen molar-refractivity contribution in [2.75, 3.05) is 13.1 Å². The third kappa shape index (κ3) is 3.40. The molecule has 1 aliphatic heterocycles. The van der Waals surface area contributed by atoms with Gasteiger partial charge in [-0.3, -0.25) is 9.59 Å². The summed E-state index contributed by atoms with van der Waals surface area (Å²) in [7, 11) is 0. The number of allylic oxidation sites excluding steroid dienone is 2. The van der Waals surface area contributed by atoms with Crippen molar-refractivity contribution >= 4 is 11.8 Å². The van der Waals surface area contributed by atoms with Crippen molar-refractivity contribution in [2.24, 2.45) is 5.92 Å². The number of likely N-dealkylation sites (tertiary alicyclic amines) is 1. The minimum Gasteiger partial charge on any atom is -0.459 e. The number of amides is 2. The van der Waals surface area contributed by atoms with Crippen molar-refractivity contribution in [1.29, 1.82) is 0 Å². The van der Waals surface area contributed by atoms with E-state index in [0.29, 0.717) is 18.8 Å².